The molecule has 88 valence electrons. The maximum Gasteiger partial charge on any atom is 0.265 e. The largest absolute Gasteiger partial charge is 0.388 e. The summed E-state index contributed by atoms with van der Waals surface area (Å²) >= 11 is 1.08. The Kier molecular flexibility index (Phi) is 3.20. The molecule has 1 aliphatic carbocycles. The second-order valence-electron chi connectivity index (χ2n) is 4.30. The molecule has 0 spiro atoms. The van der Waals surface area contributed by atoms with Crippen LogP contribution in [0.2, 0.25) is 0 Å². The van der Waals surface area contributed by atoms with Crippen LogP contribution in [-0.4, -0.2) is 32.7 Å². The van der Waals surface area contributed by atoms with E-state index in [4.69, 9.17) is 0 Å². The Balaban J connectivity index is 1.91. The van der Waals surface area contributed by atoms with Gasteiger partial charge in [-0.2, -0.15) is 0 Å². The summed E-state index contributed by atoms with van der Waals surface area (Å²) < 4.78 is 3.71. The van der Waals surface area contributed by atoms with Crippen molar-refractivity contribution in [3.8, 4) is 0 Å². The molecule has 0 bridgehead atoms. The quantitative estimate of drug-likeness (QED) is 0.823. The van der Waals surface area contributed by atoms with E-state index < -0.39 is 5.60 Å². The van der Waals surface area contributed by atoms with Crippen LogP contribution in [0.1, 0.15) is 41.0 Å². The van der Waals surface area contributed by atoms with Crippen molar-refractivity contribution in [2.45, 2.75) is 38.2 Å². The van der Waals surface area contributed by atoms with Gasteiger partial charge in [-0.3, -0.25) is 4.79 Å². The van der Waals surface area contributed by atoms with Crippen LogP contribution in [0, 0.1) is 6.92 Å². The number of aliphatic hydroxyl groups is 1. The van der Waals surface area contributed by atoms with E-state index in [1.807, 2.05) is 0 Å². The molecule has 1 aliphatic rings. The normalized spacial score (nSPS) is 18.6. The molecule has 0 radical (unpaired) electrons. The Morgan fingerprint density at radius 3 is 2.81 bits per heavy atom. The molecule has 2 rings (SSSR count). The van der Waals surface area contributed by atoms with E-state index in [0.717, 1.165) is 37.2 Å². The Bertz CT molecular complexity index is 385. The molecule has 0 unspecified atom stereocenters. The van der Waals surface area contributed by atoms with Crippen molar-refractivity contribution in [3.63, 3.8) is 0 Å². The van der Waals surface area contributed by atoms with Gasteiger partial charge in [-0.15, -0.1) is 5.10 Å². The highest BCUT2D eigenvalue weighted by Crippen LogP contribution is 2.28. The average molecular weight is 241 g/mol. The Hall–Kier alpha value is -1.01. The molecule has 0 atom stereocenters. The number of hydrogen-bond donors (Lipinski definition) is 2. The van der Waals surface area contributed by atoms with Crippen molar-refractivity contribution in [1.29, 1.82) is 0 Å². The molecule has 0 saturated heterocycles. The molecule has 0 aliphatic heterocycles. The zero-order valence-corrected chi connectivity index (χ0v) is 10.0. The Morgan fingerprint density at radius 1 is 1.56 bits per heavy atom. The predicted octanol–water partition coefficient (Wildman–Crippen LogP) is 0.881. The summed E-state index contributed by atoms with van der Waals surface area (Å²) in [5, 5.41) is 16.6. The lowest BCUT2D eigenvalue weighted by Crippen LogP contribution is -2.40. The van der Waals surface area contributed by atoms with Crippen molar-refractivity contribution in [2.24, 2.45) is 0 Å². The van der Waals surface area contributed by atoms with E-state index in [0.29, 0.717) is 17.1 Å². The third-order valence-corrected chi connectivity index (χ3v) is 3.80. The highest BCUT2D eigenvalue weighted by atomic mass is 32.1. The highest BCUT2D eigenvalue weighted by Gasteiger charge is 2.31. The van der Waals surface area contributed by atoms with E-state index in [1.165, 1.54) is 0 Å². The lowest BCUT2D eigenvalue weighted by Gasteiger charge is -2.21. The number of hydrogen-bond acceptors (Lipinski definition) is 5. The molecular weight excluding hydrogens is 226 g/mol. The maximum atomic E-state index is 11.7. The minimum absolute atomic E-state index is 0.187. The zero-order chi connectivity index (χ0) is 11.6. The van der Waals surface area contributed by atoms with Crippen molar-refractivity contribution in [1.82, 2.24) is 14.9 Å². The van der Waals surface area contributed by atoms with Crippen molar-refractivity contribution in [2.75, 3.05) is 6.54 Å². The van der Waals surface area contributed by atoms with Gasteiger partial charge >= 0.3 is 0 Å². The second-order valence-corrected chi connectivity index (χ2v) is 5.06. The number of nitrogens with one attached hydrogen (secondary N) is 1. The van der Waals surface area contributed by atoms with Crippen LogP contribution in [-0.2, 0) is 0 Å². The molecular formula is C10H15N3O2S. The van der Waals surface area contributed by atoms with Crippen molar-refractivity contribution < 1.29 is 9.90 Å². The number of aryl methyl sites for hydroxylation is 1. The van der Waals surface area contributed by atoms with Crippen LogP contribution in [0.15, 0.2) is 0 Å². The fourth-order valence-electron chi connectivity index (χ4n) is 1.97. The van der Waals surface area contributed by atoms with E-state index in [9.17, 15) is 9.90 Å². The summed E-state index contributed by atoms with van der Waals surface area (Å²) in [5.74, 6) is -0.187. The lowest BCUT2D eigenvalue weighted by atomic mass is 10.0. The van der Waals surface area contributed by atoms with Crippen LogP contribution in [0.5, 0.6) is 0 Å². The number of carbonyl (C=O) groups excluding carboxylic acids is 1. The Morgan fingerprint density at radius 2 is 2.25 bits per heavy atom. The van der Waals surface area contributed by atoms with E-state index in [1.54, 1.807) is 6.92 Å². The molecule has 16 heavy (non-hydrogen) atoms. The highest BCUT2D eigenvalue weighted by molar-refractivity contribution is 7.07. The minimum Gasteiger partial charge on any atom is -0.388 e. The molecule has 2 N–H and O–H groups in total. The first-order valence-corrected chi connectivity index (χ1v) is 6.18. The van der Waals surface area contributed by atoms with Crippen LogP contribution in [0.3, 0.4) is 0 Å². The van der Waals surface area contributed by atoms with Gasteiger partial charge in [0.25, 0.3) is 5.91 Å². The third kappa shape index (κ3) is 2.38. The molecule has 1 saturated carbocycles. The first-order valence-electron chi connectivity index (χ1n) is 5.40. The minimum atomic E-state index is -0.707. The van der Waals surface area contributed by atoms with Crippen LogP contribution in [0.4, 0.5) is 0 Å². The number of carbonyl (C=O) groups is 1. The van der Waals surface area contributed by atoms with Gasteiger partial charge in [0.05, 0.1) is 11.3 Å². The molecule has 1 fully saturated rings. The molecule has 5 nitrogen and oxygen atoms in total. The van der Waals surface area contributed by atoms with Crippen LogP contribution in [0.25, 0.3) is 0 Å². The van der Waals surface area contributed by atoms with Gasteiger partial charge in [0.1, 0.15) is 4.88 Å². The number of amides is 1. The van der Waals surface area contributed by atoms with Gasteiger partial charge in [0.15, 0.2) is 0 Å². The molecule has 1 aromatic rings. The number of rotatable bonds is 3. The number of aromatic nitrogens is 2. The first-order chi connectivity index (χ1) is 7.61. The van der Waals surface area contributed by atoms with Gasteiger partial charge in [0, 0.05) is 6.54 Å². The lowest BCUT2D eigenvalue weighted by molar-refractivity contribution is 0.0450. The third-order valence-electron chi connectivity index (χ3n) is 2.97. The monoisotopic (exact) mass is 241 g/mol. The molecule has 1 aromatic heterocycles. The standard InChI is InChI=1S/C10H15N3O2S/c1-7-8(16-13-12-7)9(14)11-6-10(15)4-2-3-5-10/h15H,2-6H2,1H3,(H,11,14). The fraction of sp³-hybridized carbons (Fsp3) is 0.700. The molecule has 1 heterocycles. The summed E-state index contributed by atoms with van der Waals surface area (Å²) in [6, 6.07) is 0. The topological polar surface area (TPSA) is 75.1 Å². The predicted molar refractivity (Wildman–Crippen MR) is 60.4 cm³/mol. The van der Waals surface area contributed by atoms with Gasteiger partial charge in [-0.25, -0.2) is 0 Å². The molecule has 1 amide bonds. The average Bonchev–Trinajstić information content (AvgIpc) is 2.85. The van der Waals surface area contributed by atoms with E-state index >= 15 is 0 Å². The van der Waals surface area contributed by atoms with Gasteiger partial charge in [0.2, 0.25) is 0 Å². The second kappa shape index (κ2) is 4.47. The maximum absolute atomic E-state index is 11.7. The Labute approximate surface area is 98.0 Å². The summed E-state index contributed by atoms with van der Waals surface area (Å²) in [6.45, 7) is 2.08. The fourth-order valence-corrected chi connectivity index (χ4v) is 2.55. The van der Waals surface area contributed by atoms with Crippen molar-refractivity contribution >= 4 is 17.4 Å². The van der Waals surface area contributed by atoms with Gasteiger partial charge in [-0.1, -0.05) is 17.3 Å². The summed E-state index contributed by atoms with van der Waals surface area (Å²) in [5.41, 5.74) is -0.0669. The van der Waals surface area contributed by atoms with E-state index in [2.05, 4.69) is 14.9 Å². The first kappa shape index (κ1) is 11.5. The van der Waals surface area contributed by atoms with E-state index in [-0.39, 0.29) is 5.91 Å². The smallest absolute Gasteiger partial charge is 0.265 e. The van der Waals surface area contributed by atoms with Crippen LogP contribution < -0.4 is 5.32 Å². The van der Waals surface area contributed by atoms with Gasteiger partial charge in [-0.05, 0) is 31.3 Å². The zero-order valence-electron chi connectivity index (χ0n) is 9.19. The summed E-state index contributed by atoms with van der Waals surface area (Å²) in [7, 11) is 0. The number of nitrogens with zero attached hydrogens (tertiary/aromatic N) is 2. The summed E-state index contributed by atoms with van der Waals surface area (Å²) in [6.07, 6.45) is 3.61. The molecule has 0 aromatic carbocycles. The summed E-state index contributed by atoms with van der Waals surface area (Å²) in [4.78, 5) is 12.3. The molecule has 6 heteroatoms. The van der Waals surface area contributed by atoms with Gasteiger partial charge < -0.3 is 10.4 Å². The van der Waals surface area contributed by atoms with Crippen LogP contribution >= 0.6 is 11.5 Å². The van der Waals surface area contributed by atoms with Crippen molar-refractivity contribution in [3.05, 3.63) is 10.6 Å². The SMILES string of the molecule is Cc1nnsc1C(=O)NCC1(O)CCCC1.